The number of hydrogen-bond donors (Lipinski definition) is 0. The molecule has 0 amide bonds. The molecule has 2 aromatic rings. The summed E-state index contributed by atoms with van der Waals surface area (Å²) in [6.45, 7) is 5.03. The highest BCUT2D eigenvalue weighted by atomic mass is 16.1. The number of carbonyl (C=O) groups excluding carboxylic acids is 1. The Kier molecular flexibility index (Phi) is 2.77. The zero-order chi connectivity index (χ0) is 13.5. The minimum Gasteiger partial charge on any atom is -0.334 e. The predicted molar refractivity (Wildman–Crippen MR) is 74.3 cm³/mol. The van der Waals surface area contributed by atoms with Crippen LogP contribution >= 0.6 is 0 Å². The van der Waals surface area contributed by atoms with Crippen LogP contribution in [0.4, 0.5) is 0 Å². The Morgan fingerprint density at radius 1 is 1.32 bits per heavy atom. The summed E-state index contributed by atoms with van der Waals surface area (Å²) in [6.07, 6.45) is 5.29. The van der Waals surface area contributed by atoms with Crippen LogP contribution in [0.5, 0.6) is 0 Å². The molecule has 1 aliphatic rings. The van der Waals surface area contributed by atoms with E-state index in [1.165, 1.54) is 5.56 Å². The van der Waals surface area contributed by atoms with E-state index in [1.54, 1.807) is 0 Å². The van der Waals surface area contributed by atoms with E-state index in [0.29, 0.717) is 0 Å². The second-order valence-corrected chi connectivity index (χ2v) is 5.16. The smallest absolute Gasteiger partial charge is 0.175 e. The first kappa shape index (κ1) is 12.2. The number of hydrogen-bond acceptors (Lipinski definition) is 2. The van der Waals surface area contributed by atoms with E-state index in [4.69, 9.17) is 0 Å². The number of aryl methyl sites for hydroxylation is 1. The van der Waals surface area contributed by atoms with Gasteiger partial charge >= 0.3 is 0 Å². The molecule has 19 heavy (non-hydrogen) atoms. The maximum atomic E-state index is 12.9. The summed E-state index contributed by atoms with van der Waals surface area (Å²) in [6, 6.07) is 7.97. The van der Waals surface area contributed by atoms with Gasteiger partial charge in [-0.2, -0.15) is 0 Å². The maximum Gasteiger partial charge on any atom is 0.175 e. The highest BCUT2D eigenvalue weighted by Gasteiger charge is 2.47. The van der Waals surface area contributed by atoms with Gasteiger partial charge in [0.15, 0.2) is 5.78 Å². The molecule has 0 fully saturated rings. The topological polar surface area (TPSA) is 34.9 Å². The highest BCUT2D eigenvalue weighted by molar-refractivity contribution is 6.08. The van der Waals surface area contributed by atoms with E-state index in [0.717, 1.165) is 30.6 Å². The van der Waals surface area contributed by atoms with Crippen molar-refractivity contribution in [1.82, 2.24) is 9.55 Å². The molecule has 0 spiro atoms. The van der Waals surface area contributed by atoms with E-state index >= 15 is 0 Å². The quantitative estimate of drug-likeness (QED) is 0.844. The number of imidazole rings is 1. The summed E-state index contributed by atoms with van der Waals surface area (Å²) in [5.41, 5.74) is 2.68. The zero-order valence-corrected chi connectivity index (χ0v) is 11.4. The molecular formula is C16H18N2O. The normalized spacial score (nSPS) is 21.7. The van der Waals surface area contributed by atoms with Crippen LogP contribution in [0.25, 0.3) is 0 Å². The predicted octanol–water partition coefficient (Wildman–Crippen LogP) is 2.99. The van der Waals surface area contributed by atoms with E-state index in [2.05, 4.69) is 29.5 Å². The van der Waals surface area contributed by atoms with Gasteiger partial charge in [-0.15, -0.1) is 0 Å². The first-order valence-electron chi connectivity index (χ1n) is 6.86. The van der Waals surface area contributed by atoms with Crippen molar-refractivity contribution in [2.45, 2.75) is 38.6 Å². The lowest BCUT2D eigenvalue weighted by Crippen LogP contribution is -2.34. The third-order valence-electron chi connectivity index (χ3n) is 4.34. The van der Waals surface area contributed by atoms with Gasteiger partial charge in [0.2, 0.25) is 0 Å². The lowest BCUT2D eigenvalue weighted by atomic mass is 9.78. The Morgan fingerprint density at radius 3 is 2.79 bits per heavy atom. The Bertz CT molecular complexity index is 629. The maximum absolute atomic E-state index is 12.9. The van der Waals surface area contributed by atoms with Gasteiger partial charge in [0, 0.05) is 18.3 Å². The summed E-state index contributed by atoms with van der Waals surface area (Å²) < 4.78 is 2.09. The van der Waals surface area contributed by atoms with Gasteiger partial charge in [-0.3, -0.25) is 4.79 Å². The lowest BCUT2D eigenvalue weighted by Gasteiger charge is -2.26. The van der Waals surface area contributed by atoms with E-state index in [1.807, 2.05) is 30.7 Å². The number of rotatable bonds is 3. The number of Topliss-reactive ketones (excluding diaryl/α,β-unsaturated/α-hetero) is 1. The molecule has 1 aromatic carbocycles. The Hall–Kier alpha value is -1.90. The van der Waals surface area contributed by atoms with Crippen LogP contribution in [-0.4, -0.2) is 15.3 Å². The number of nitrogens with zero attached hydrogens (tertiary/aromatic N) is 2. The van der Waals surface area contributed by atoms with Gasteiger partial charge in [-0.05, 0) is 25.3 Å². The fourth-order valence-corrected chi connectivity index (χ4v) is 3.20. The summed E-state index contributed by atoms with van der Waals surface area (Å²) in [4.78, 5) is 17.1. The van der Waals surface area contributed by atoms with E-state index in [-0.39, 0.29) is 5.78 Å². The standard InChI is InChI=1S/C16H18N2O/c1-3-16(14-10-17-11-18(14)4-2)9-12-7-5-6-8-13(12)15(16)19/h5-8,10-11H,3-4,9H2,1-2H3. The molecule has 0 radical (unpaired) electrons. The summed E-state index contributed by atoms with van der Waals surface area (Å²) in [5.74, 6) is 0.251. The van der Waals surface area contributed by atoms with Gasteiger partial charge in [-0.1, -0.05) is 31.2 Å². The van der Waals surface area contributed by atoms with Gasteiger partial charge in [-0.25, -0.2) is 4.98 Å². The summed E-state index contributed by atoms with van der Waals surface area (Å²) >= 11 is 0. The Morgan fingerprint density at radius 2 is 2.11 bits per heavy atom. The van der Waals surface area contributed by atoms with Gasteiger partial charge in [0.05, 0.1) is 17.4 Å². The minimum absolute atomic E-state index is 0.251. The third-order valence-corrected chi connectivity index (χ3v) is 4.34. The van der Waals surface area contributed by atoms with Crippen LogP contribution in [0, 0.1) is 0 Å². The molecule has 3 rings (SSSR count). The second-order valence-electron chi connectivity index (χ2n) is 5.16. The molecule has 1 atom stereocenters. The highest BCUT2D eigenvalue weighted by Crippen LogP contribution is 2.41. The third kappa shape index (κ3) is 1.57. The van der Waals surface area contributed by atoms with Crippen molar-refractivity contribution in [3.63, 3.8) is 0 Å². The van der Waals surface area contributed by atoms with Gasteiger partial charge < -0.3 is 4.57 Å². The van der Waals surface area contributed by atoms with Gasteiger partial charge in [0.25, 0.3) is 0 Å². The van der Waals surface area contributed by atoms with Gasteiger partial charge in [0.1, 0.15) is 0 Å². The van der Waals surface area contributed by atoms with Crippen molar-refractivity contribution in [2.24, 2.45) is 0 Å². The monoisotopic (exact) mass is 254 g/mol. The molecule has 1 heterocycles. The first-order valence-corrected chi connectivity index (χ1v) is 6.86. The Labute approximate surface area is 113 Å². The minimum atomic E-state index is -0.420. The summed E-state index contributed by atoms with van der Waals surface area (Å²) in [7, 11) is 0. The average Bonchev–Trinajstić information content (AvgIpc) is 3.03. The second kappa shape index (κ2) is 4.34. The fraction of sp³-hybridized carbons (Fsp3) is 0.375. The number of benzene rings is 1. The molecule has 1 aliphatic carbocycles. The number of fused-ring (bicyclic) bond motifs is 1. The van der Waals surface area contributed by atoms with Crippen molar-refractivity contribution in [2.75, 3.05) is 0 Å². The molecular weight excluding hydrogens is 236 g/mol. The average molecular weight is 254 g/mol. The molecule has 0 saturated heterocycles. The number of aromatic nitrogens is 2. The molecule has 0 aliphatic heterocycles. The van der Waals surface area contributed by atoms with Crippen LogP contribution < -0.4 is 0 Å². The van der Waals surface area contributed by atoms with Crippen LogP contribution in [-0.2, 0) is 18.4 Å². The molecule has 3 heteroatoms. The van der Waals surface area contributed by atoms with E-state index in [9.17, 15) is 4.79 Å². The van der Waals surface area contributed by atoms with Crippen molar-refractivity contribution in [3.05, 3.63) is 53.6 Å². The van der Waals surface area contributed by atoms with Crippen molar-refractivity contribution in [3.8, 4) is 0 Å². The number of ketones is 1. The molecule has 1 aromatic heterocycles. The van der Waals surface area contributed by atoms with Crippen LogP contribution in [0.1, 0.15) is 41.9 Å². The fourth-order valence-electron chi connectivity index (χ4n) is 3.20. The molecule has 1 unspecified atom stereocenters. The first-order chi connectivity index (χ1) is 9.23. The number of carbonyl (C=O) groups is 1. The van der Waals surface area contributed by atoms with Crippen molar-refractivity contribution in [1.29, 1.82) is 0 Å². The Balaban J connectivity index is 2.16. The van der Waals surface area contributed by atoms with Crippen LogP contribution in [0.2, 0.25) is 0 Å². The summed E-state index contributed by atoms with van der Waals surface area (Å²) in [5, 5.41) is 0. The molecule has 0 saturated carbocycles. The molecule has 3 nitrogen and oxygen atoms in total. The van der Waals surface area contributed by atoms with E-state index < -0.39 is 5.41 Å². The molecule has 0 bridgehead atoms. The van der Waals surface area contributed by atoms with Crippen LogP contribution in [0.15, 0.2) is 36.8 Å². The SMILES string of the molecule is CCn1cncc1C1(CC)Cc2ccccc2C1=O. The molecule has 0 N–H and O–H groups in total. The molecule has 98 valence electrons. The van der Waals surface area contributed by atoms with Crippen LogP contribution in [0.3, 0.4) is 0 Å². The largest absolute Gasteiger partial charge is 0.334 e. The van der Waals surface area contributed by atoms with Crippen molar-refractivity contribution >= 4 is 5.78 Å². The lowest BCUT2D eigenvalue weighted by molar-refractivity contribution is 0.0892. The van der Waals surface area contributed by atoms with Crippen molar-refractivity contribution < 1.29 is 4.79 Å². The zero-order valence-electron chi connectivity index (χ0n) is 11.4.